The number of fused-ring (bicyclic) bond motifs is 1. The number of para-hydroxylation sites is 1. The van der Waals surface area contributed by atoms with E-state index in [1.165, 1.54) is 0 Å². The van der Waals surface area contributed by atoms with Gasteiger partial charge in [-0.2, -0.15) is 0 Å². The molecule has 3 rings (SSSR count). The van der Waals surface area contributed by atoms with Crippen LogP contribution in [0.5, 0.6) is 0 Å². The number of aromatic nitrogens is 2. The van der Waals surface area contributed by atoms with Gasteiger partial charge in [-0.05, 0) is 30.7 Å². The Morgan fingerprint density at radius 3 is 2.72 bits per heavy atom. The standard InChI is InChI=1S/C19H18N4O2/c1-13(18(24)21-12-14-5-4-10-20-11-14)22-19(25)17-9-8-15-6-2-3-7-16(15)23-17/h2-11,13H,12H2,1H3,(H,21,24)(H,22,25)/t13-/m0/s1. The van der Waals surface area contributed by atoms with E-state index in [2.05, 4.69) is 20.6 Å². The second-order valence-electron chi connectivity index (χ2n) is 5.66. The first kappa shape index (κ1) is 16.6. The van der Waals surface area contributed by atoms with Gasteiger partial charge in [0.05, 0.1) is 5.52 Å². The number of hydrogen-bond acceptors (Lipinski definition) is 4. The number of rotatable bonds is 5. The van der Waals surface area contributed by atoms with Gasteiger partial charge < -0.3 is 10.6 Å². The second kappa shape index (κ2) is 7.53. The normalized spacial score (nSPS) is 11.7. The molecule has 2 aromatic heterocycles. The van der Waals surface area contributed by atoms with Crippen LogP contribution in [0, 0.1) is 0 Å². The number of carbonyl (C=O) groups is 2. The van der Waals surface area contributed by atoms with E-state index < -0.39 is 6.04 Å². The van der Waals surface area contributed by atoms with E-state index >= 15 is 0 Å². The summed E-state index contributed by atoms with van der Waals surface area (Å²) in [5, 5.41) is 6.40. The molecule has 2 amide bonds. The van der Waals surface area contributed by atoms with E-state index in [0.29, 0.717) is 6.54 Å². The van der Waals surface area contributed by atoms with Crippen molar-refractivity contribution < 1.29 is 9.59 Å². The molecule has 2 N–H and O–H groups in total. The van der Waals surface area contributed by atoms with Crippen LogP contribution in [0.3, 0.4) is 0 Å². The molecule has 6 heteroatoms. The van der Waals surface area contributed by atoms with Gasteiger partial charge >= 0.3 is 0 Å². The summed E-state index contributed by atoms with van der Waals surface area (Å²) in [6, 6.07) is 14.0. The lowest BCUT2D eigenvalue weighted by molar-refractivity contribution is -0.122. The van der Waals surface area contributed by atoms with Gasteiger partial charge in [-0.1, -0.05) is 30.3 Å². The lowest BCUT2D eigenvalue weighted by Gasteiger charge is -2.14. The van der Waals surface area contributed by atoms with Crippen molar-refractivity contribution >= 4 is 22.7 Å². The average molecular weight is 334 g/mol. The first-order chi connectivity index (χ1) is 12.1. The summed E-state index contributed by atoms with van der Waals surface area (Å²) in [5.74, 6) is -0.646. The highest BCUT2D eigenvalue weighted by atomic mass is 16.2. The van der Waals surface area contributed by atoms with Crippen molar-refractivity contribution in [2.24, 2.45) is 0 Å². The van der Waals surface area contributed by atoms with Gasteiger partial charge in [0.25, 0.3) is 5.91 Å². The molecule has 0 aliphatic rings. The molecule has 0 aliphatic carbocycles. The van der Waals surface area contributed by atoms with Crippen molar-refractivity contribution in [2.75, 3.05) is 0 Å². The summed E-state index contributed by atoms with van der Waals surface area (Å²) < 4.78 is 0. The fraction of sp³-hybridized carbons (Fsp3) is 0.158. The highest BCUT2D eigenvalue weighted by Crippen LogP contribution is 2.11. The molecule has 0 spiro atoms. The SMILES string of the molecule is C[C@H](NC(=O)c1ccc2ccccc2n1)C(=O)NCc1cccnc1. The fourth-order valence-corrected chi connectivity index (χ4v) is 2.37. The molecule has 6 nitrogen and oxygen atoms in total. The number of carbonyl (C=O) groups excluding carboxylic acids is 2. The number of nitrogens with one attached hydrogen (secondary N) is 2. The lowest BCUT2D eigenvalue weighted by atomic mass is 10.2. The molecule has 25 heavy (non-hydrogen) atoms. The highest BCUT2D eigenvalue weighted by Gasteiger charge is 2.17. The van der Waals surface area contributed by atoms with E-state index in [0.717, 1.165) is 16.5 Å². The van der Waals surface area contributed by atoms with E-state index in [4.69, 9.17) is 0 Å². The van der Waals surface area contributed by atoms with Gasteiger partial charge in [-0.3, -0.25) is 14.6 Å². The molecule has 0 unspecified atom stereocenters. The van der Waals surface area contributed by atoms with Gasteiger partial charge in [0.2, 0.25) is 5.91 Å². The number of hydrogen-bond donors (Lipinski definition) is 2. The van der Waals surface area contributed by atoms with E-state index in [-0.39, 0.29) is 17.5 Å². The topological polar surface area (TPSA) is 84.0 Å². The minimum absolute atomic E-state index is 0.266. The molecule has 1 aromatic carbocycles. The largest absolute Gasteiger partial charge is 0.350 e. The Labute approximate surface area is 145 Å². The van der Waals surface area contributed by atoms with Crippen molar-refractivity contribution in [3.8, 4) is 0 Å². The van der Waals surface area contributed by atoms with Crippen LogP contribution in [-0.2, 0) is 11.3 Å². The van der Waals surface area contributed by atoms with E-state index in [1.54, 1.807) is 31.5 Å². The first-order valence-corrected chi connectivity index (χ1v) is 7.97. The Hall–Kier alpha value is -3.28. The number of pyridine rings is 2. The summed E-state index contributed by atoms with van der Waals surface area (Å²) >= 11 is 0. The van der Waals surface area contributed by atoms with Crippen LogP contribution < -0.4 is 10.6 Å². The Kier molecular flexibility index (Phi) is 4.99. The smallest absolute Gasteiger partial charge is 0.270 e. The van der Waals surface area contributed by atoms with Crippen LogP contribution in [0.4, 0.5) is 0 Å². The molecule has 0 saturated carbocycles. The maximum absolute atomic E-state index is 12.3. The first-order valence-electron chi connectivity index (χ1n) is 7.97. The van der Waals surface area contributed by atoms with Crippen molar-refractivity contribution in [3.05, 3.63) is 72.2 Å². The van der Waals surface area contributed by atoms with Crippen molar-refractivity contribution in [1.82, 2.24) is 20.6 Å². The zero-order chi connectivity index (χ0) is 17.6. The zero-order valence-corrected chi connectivity index (χ0v) is 13.8. The molecule has 3 aromatic rings. The molecule has 0 aliphatic heterocycles. The molecule has 1 atom stereocenters. The highest BCUT2D eigenvalue weighted by molar-refractivity contribution is 5.97. The second-order valence-corrected chi connectivity index (χ2v) is 5.66. The predicted octanol–water partition coefficient (Wildman–Crippen LogP) is 2.06. The van der Waals surface area contributed by atoms with Crippen LogP contribution >= 0.6 is 0 Å². The minimum Gasteiger partial charge on any atom is -0.350 e. The molecule has 0 fully saturated rings. The molecule has 0 saturated heterocycles. The monoisotopic (exact) mass is 334 g/mol. The van der Waals surface area contributed by atoms with Crippen LogP contribution in [0.25, 0.3) is 10.9 Å². The van der Waals surface area contributed by atoms with Gasteiger partial charge in [-0.25, -0.2) is 4.98 Å². The van der Waals surface area contributed by atoms with Crippen LogP contribution in [-0.4, -0.2) is 27.8 Å². The minimum atomic E-state index is -0.669. The van der Waals surface area contributed by atoms with Crippen LogP contribution in [0.1, 0.15) is 23.0 Å². The fourth-order valence-electron chi connectivity index (χ4n) is 2.37. The summed E-state index contributed by atoms with van der Waals surface area (Å²) in [4.78, 5) is 32.8. The number of benzene rings is 1. The van der Waals surface area contributed by atoms with Crippen molar-refractivity contribution in [3.63, 3.8) is 0 Å². The third-order valence-electron chi connectivity index (χ3n) is 3.76. The summed E-state index contributed by atoms with van der Waals surface area (Å²) in [6.45, 7) is 2.00. The quantitative estimate of drug-likeness (QED) is 0.748. The molecule has 126 valence electrons. The Bertz CT molecular complexity index is 896. The van der Waals surface area contributed by atoms with Gasteiger partial charge in [-0.15, -0.1) is 0 Å². The zero-order valence-electron chi connectivity index (χ0n) is 13.8. The Balaban J connectivity index is 1.59. The molecular weight excluding hydrogens is 316 g/mol. The van der Waals surface area contributed by atoms with E-state index in [1.807, 2.05) is 36.4 Å². The van der Waals surface area contributed by atoms with Crippen molar-refractivity contribution in [1.29, 1.82) is 0 Å². The number of amides is 2. The third-order valence-corrected chi connectivity index (χ3v) is 3.76. The van der Waals surface area contributed by atoms with Crippen molar-refractivity contribution in [2.45, 2.75) is 19.5 Å². The summed E-state index contributed by atoms with van der Waals surface area (Å²) in [5.41, 5.74) is 1.92. The predicted molar refractivity (Wildman–Crippen MR) is 94.8 cm³/mol. The van der Waals surface area contributed by atoms with Crippen LogP contribution in [0.2, 0.25) is 0 Å². The molecular formula is C19H18N4O2. The number of nitrogens with zero attached hydrogens (tertiary/aromatic N) is 2. The molecule has 0 radical (unpaired) electrons. The maximum Gasteiger partial charge on any atom is 0.270 e. The molecule has 0 bridgehead atoms. The maximum atomic E-state index is 12.3. The van der Waals surface area contributed by atoms with Gasteiger partial charge in [0.15, 0.2) is 0 Å². The van der Waals surface area contributed by atoms with Crippen LogP contribution in [0.15, 0.2) is 60.9 Å². The van der Waals surface area contributed by atoms with E-state index in [9.17, 15) is 9.59 Å². The Morgan fingerprint density at radius 2 is 1.92 bits per heavy atom. The Morgan fingerprint density at radius 1 is 1.08 bits per heavy atom. The lowest BCUT2D eigenvalue weighted by Crippen LogP contribution is -2.44. The van der Waals surface area contributed by atoms with Gasteiger partial charge in [0.1, 0.15) is 11.7 Å². The average Bonchev–Trinajstić information content (AvgIpc) is 2.66. The summed E-state index contributed by atoms with van der Waals surface area (Å²) in [6.07, 6.45) is 3.35. The molecule has 2 heterocycles. The van der Waals surface area contributed by atoms with Gasteiger partial charge in [0, 0.05) is 24.3 Å². The third kappa shape index (κ3) is 4.17. The summed E-state index contributed by atoms with van der Waals surface area (Å²) in [7, 11) is 0.